The number of pyridine rings is 1. The van der Waals surface area contributed by atoms with Gasteiger partial charge in [-0.15, -0.1) is 0 Å². The molecule has 0 atom stereocenters. The molecule has 2 aromatic rings. The summed E-state index contributed by atoms with van der Waals surface area (Å²) in [5, 5.41) is 0. The Morgan fingerprint density at radius 1 is 1.04 bits per heavy atom. The van der Waals surface area contributed by atoms with Crippen LogP contribution < -0.4 is 9.04 Å². The Hall–Kier alpha value is -1.25. The summed E-state index contributed by atoms with van der Waals surface area (Å²) in [6.45, 7) is 8.17. The average Bonchev–Trinajstić information content (AvgIpc) is 3.05. The third-order valence-electron chi connectivity index (χ3n) is 5.11. The maximum absolute atomic E-state index is 13.5. The second-order valence-corrected chi connectivity index (χ2v) is 10.1. The molecule has 4 nitrogen and oxygen atoms in total. The second kappa shape index (κ2) is 5.89. The topological polar surface area (TPSA) is 43.7 Å². The Kier molecular flexibility index (Phi) is 4.05. The molecule has 25 heavy (non-hydrogen) atoms. The van der Waals surface area contributed by atoms with Gasteiger partial charge in [0.05, 0.1) is 0 Å². The van der Waals surface area contributed by atoms with Gasteiger partial charge in [-0.3, -0.25) is 0 Å². The number of fused-ring (bicyclic) bond motifs is 1. The van der Waals surface area contributed by atoms with Crippen molar-refractivity contribution in [2.45, 2.75) is 38.9 Å². The van der Waals surface area contributed by atoms with Gasteiger partial charge in [-0.2, -0.15) is 0 Å². The first-order valence-electron chi connectivity index (χ1n) is 8.22. The van der Waals surface area contributed by atoms with Crippen LogP contribution >= 0.6 is 0 Å². The van der Waals surface area contributed by atoms with Gasteiger partial charge >= 0.3 is 158 Å². The summed E-state index contributed by atoms with van der Waals surface area (Å²) < 4.78 is 31.8. The van der Waals surface area contributed by atoms with Gasteiger partial charge in [-0.25, -0.2) is 0 Å². The third kappa shape index (κ3) is 2.94. The van der Waals surface area contributed by atoms with Crippen molar-refractivity contribution in [2.75, 3.05) is 0 Å². The first-order chi connectivity index (χ1) is 11.8. The van der Waals surface area contributed by atoms with Crippen molar-refractivity contribution in [3.8, 4) is 0 Å². The molecular weight excluding hydrogens is 425 g/mol. The number of hydrogen-bond acceptors (Lipinski definition) is 4. The molecule has 2 aliphatic rings. The van der Waals surface area contributed by atoms with Crippen molar-refractivity contribution >= 4 is 43.3 Å². The van der Waals surface area contributed by atoms with Crippen LogP contribution in [0.25, 0.3) is 0 Å². The average molecular weight is 443 g/mol. The van der Waals surface area contributed by atoms with Crippen LogP contribution in [0.3, 0.4) is 0 Å². The summed E-state index contributed by atoms with van der Waals surface area (Å²) in [7, 11) is -0.406. The van der Waals surface area contributed by atoms with E-state index in [1.54, 1.807) is 6.07 Å². The van der Waals surface area contributed by atoms with Crippen molar-refractivity contribution in [1.29, 1.82) is 0 Å². The van der Waals surface area contributed by atoms with Crippen LogP contribution in [0, 0.1) is 5.95 Å². The molecule has 1 aromatic heterocycles. The summed E-state index contributed by atoms with van der Waals surface area (Å²) in [5.74, 6) is -0.485. The molecule has 0 aliphatic carbocycles. The zero-order valence-electron chi connectivity index (χ0n) is 14.6. The van der Waals surface area contributed by atoms with Gasteiger partial charge in [-0.1, -0.05) is 0 Å². The summed E-state index contributed by atoms with van der Waals surface area (Å²) in [6.07, 6.45) is 1.48. The summed E-state index contributed by atoms with van der Waals surface area (Å²) in [6, 6.07) is 9.51. The van der Waals surface area contributed by atoms with E-state index in [9.17, 15) is 4.39 Å². The van der Waals surface area contributed by atoms with E-state index in [1.807, 2.05) is 27.7 Å². The van der Waals surface area contributed by atoms with E-state index in [1.165, 1.54) is 15.8 Å². The van der Waals surface area contributed by atoms with Crippen LogP contribution in [-0.2, 0) is 9.31 Å². The van der Waals surface area contributed by atoms with Gasteiger partial charge in [0.1, 0.15) is 0 Å². The van der Waals surface area contributed by atoms with Gasteiger partial charge in [0.15, 0.2) is 0 Å². The molecule has 0 saturated carbocycles. The molecule has 126 valence electrons. The number of nitrogens with zero attached hydrogens (tertiary/aromatic N) is 2. The fraction of sp³-hybridized carbons (Fsp3) is 0.333. The van der Waals surface area contributed by atoms with E-state index < -0.39 is 34.5 Å². The normalized spacial score (nSPS) is 20.5. The summed E-state index contributed by atoms with van der Waals surface area (Å²) >= 11 is -1.03. The molecular formula is C18H18BFN2O2Sn. The van der Waals surface area contributed by atoms with Gasteiger partial charge in [0.25, 0.3) is 0 Å². The monoisotopic (exact) mass is 444 g/mol. The van der Waals surface area contributed by atoms with Gasteiger partial charge in [0.2, 0.25) is 0 Å². The van der Waals surface area contributed by atoms with Crippen LogP contribution in [0.5, 0.6) is 0 Å². The van der Waals surface area contributed by atoms with Gasteiger partial charge in [-0.05, 0) is 0 Å². The first-order valence-corrected chi connectivity index (χ1v) is 10.9. The minimum absolute atomic E-state index is 0.376. The van der Waals surface area contributed by atoms with Crippen molar-refractivity contribution in [3.63, 3.8) is 0 Å². The molecule has 1 aromatic carbocycles. The van der Waals surface area contributed by atoms with Crippen molar-refractivity contribution in [1.82, 2.24) is 4.98 Å². The van der Waals surface area contributed by atoms with Crippen LogP contribution in [0.1, 0.15) is 38.8 Å². The molecule has 3 heterocycles. The molecule has 0 spiro atoms. The SMILES string of the molecule is CC1(C)OB(c2cc[c]3c(c2)C(c2ccnc(F)c2)=[N][Sn]3)OC1(C)C. The Balaban J connectivity index is 1.70. The van der Waals surface area contributed by atoms with E-state index in [4.69, 9.17) is 12.5 Å². The predicted molar refractivity (Wildman–Crippen MR) is 97.4 cm³/mol. The summed E-state index contributed by atoms with van der Waals surface area (Å²) in [4.78, 5) is 3.63. The molecule has 1 fully saturated rings. The van der Waals surface area contributed by atoms with Gasteiger partial charge in [0, 0.05) is 0 Å². The van der Waals surface area contributed by atoms with Crippen molar-refractivity contribution < 1.29 is 13.7 Å². The van der Waals surface area contributed by atoms with Crippen molar-refractivity contribution in [2.24, 2.45) is 3.21 Å². The molecule has 2 aliphatic heterocycles. The number of benzene rings is 1. The first kappa shape index (κ1) is 17.2. The van der Waals surface area contributed by atoms with Crippen LogP contribution in [0.15, 0.2) is 39.7 Å². The molecule has 7 heteroatoms. The van der Waals surface area contributed by atoms with E-state index in [2.05, 4.69) is 23.2 Å². The molecule has 0 N–H and O–H groups in total. The second-order valence-electron chi connectivity index (χ2n) is 7.33. The van der Waals surface area contributed by atoms with Gasteiger partial charge < -0.3 is 0 Å². The van der Waals surface area contributed by atoms with E-state index in [0.717, 1.165) is 22.3 Å². The Labute approximate surface area is 157 Å². The standard InChI is InChI=1S/C18H18BFN2O2.Sn/c1-17(2)18(3,4)24-19(23-17)14-7-5-6-12(10-14)16(21)13-8-9-22-15(20)11-13;/h5,7-11H,1-4H3;/q-1;+1. The third-order valence-corrected chi connectivity index (χ3v) is 8.00. The van der Waals surface area contributed by atoms with Crippen LogP contribution in [0.4, 0.5) is 4.39 Å². The number of rotatable bonds is 2. The Bertz CT molecular complexity index is 869. The van der Waals surface area contributed by atoms with E-state index in [-0.39, 0.29) is 11.2 Å². The number of hydrogen-bond donors (Lipinski definition) is 0. The number of aromatic nitrogens is 1. The molecule has 0 bridgehead atoms. The molecule has 0 amide bonds. The molecule has 2 radical (unpaired) electrons. The van der Waals surface area contributed by atoms with E-state index >= 15 is 0 Å². The van der Waals surface area contributed by atoms with E-state index in [0.29, 0.717) is 0 Å². The maximum atomic E-state index is 13.5. The zero-order valence-corrected chi connectivity index (χ0v) is 17.5. The zero-order chi connectivity index (χ0) is 17.8. The minimum atomic E-state index is -1.03. The number of halogens is 1. The van der Waals surface area contributed by atoms with Crippen LogP contribution in [0.2, 0.25) is 0 Å². The molecule has 1 saturated heterocycles. The molecule has 4 rings (SSSR count). The summed E-state index contributed by atoms with van der Waals surface area (Å²) in [5.41, 5.74) is 2.93. The fourth-order valence-electron chi connectivity index (χ4n) is 2.93. The Morgan fingerprint density at radius 2 is 1.76 bits per heavy atom. The van der Waals surface area contributed by atoms with Crippen LogP contribution in [-0.4, -0.2) is 50.4 Å². The predicted octanol–water partition coefficient (Wildman–Crippen LogP) is 1.62. The molecule has 0 unspecified atom stereocenters. The fourth-order valence-corrected chi connectivity index (χ4v) is 5.64. The quantitative estimate of drug-likeness (QED) is 0.524. The van der Waals surface area contributed by atoms with Crippen molar-refractivity contribution in [3.05, 3.63) is 53.6 Å². The Morgan fingerprint density at radius 3 is 2.44 bits per heavy atom.